The topological polar surface area (TPSA) is 138 Å². The minimum absolute atomic E-state index is 0.111. The quantitative estimate of drug-likeness (QED) is 0.147. The highest BCUT2D eigenvalue weighted by Crippen LogP contribution is 2.40. The summed E-state index contributed by atoms with van der Waals surface area (Å²) in [6.07, 6.45) is 2.49. The molecule has 1 saturated heterocycles. The SMILES string of the molecule is COC(=O)C1=C(C)NC(C)=C(C(=O)OCCc2ccc(NCCCC3COC(C)(C)O3)cc2)C1c1cccc([N+](=O)[O-])c1. The molecule has 0 bridgehead atoms. The second-order valence-corrected chi connectivity index (χ2v) is 11.1. The molecule has 2 aromatic rings. The number of ether oxygens (including phenoxy) is 4. The number of non-ortho nitro benzene ring substituents is 1. The third-order valence-electron chi connectivity index (χ3n) is 7.48. The van der Waals surface area contributed by atoms with Crippen LogP contribution in [-0.2, 0) is 35.0 Å². The van der Waals surface area contributed by atoms with Crippen LogP contribution in [0, 0.1) is 10.1 Å². The van der Waals surface area contributed by atoms with Crippen LogP contribution in [0.15, 0.2) is 71.1 Å². The number of hydrogen-bond donors (Lipinski definition) is 2. The Bertz CT molecular complexity index is 1410. The number of benzene rings is 2. The van der Waals surface area contributed by atoms with Gasteiger partial charge in [-0.05, 0) is 63.8 Å². The van der Waals surface area contributed by atoms with E-state index < -0.39 is 28.6 Å². The van der Waals surface area contributed by atoms with Crippen LogP contribution in [0.1, 0.15) is 57.6 Å². The van der Waals surface area contributed by atoms with Crippen molar-refractivity contribution in [3.63, 3.8) is 0 Å². The van der Waals surface area contributed by atoms with E-state index in [0.717, 1.165) is 30.6 Å². The van der Waals surface area contributed by atoms with Crippen molar-refractivity contribution in [1.29, 1.82) is 0 Å². The smallest absolute Gasteiger partial charge is 0.336 e. The molecule has 0 radical (unpaired) electrons. The summed E-state index contributed by atoms with van der Waals surface area (Å²) >= 11 is 0. The van der Waals surface area contributed by atoms with E-state index in [9.17, 15) is 19.7 Å². The number of rotatable bonds is 12. The molecule has 0 aromatic heterocycles. The first-order chi connectivity index (χ1) is 20.5. The standard InChI is InChI=1S/C32H39N3O8/c1-20-27(30(36)40-5)29(23-8-6-9-25(18-23)35(38)39)28(21(2)34-20)31(37)41-17-15-22-11-13-24(14-12-22)33-16-7-10-26-19-42-32(3,4)43-26/h6,8-9,11-14,18,26,29,33-34H,7,10,15-17,19H2,1-5H3. The van der Waals surface area contributed by atoms with Gasteiger partial charge in [-0.3, -0.25) is 10.1 Å². The lowest BCUT2D eigenvalue weighted by Gasteiger charge is -2.30. The molecule has 0 saturated carbocycles. The van der Waals surface area contributed by atoms with Gasteiger partial charge in [0.25, 0.3) is 5.69 Å². The van der Waals surface area contributed by atoms with Gasteiger partial charge < -0.3 is 29.6 Å². The zero-order valence-corrected chi connectivity index (χ0v) is 25.2. The second-order valence-electron chi connectivity index (χ2n) is 11.1. The first kappa shape index (κ1) is 31.7. The number of hydrogen-bond acceptors (Lipinski definition) is 10. The van der Waals surface area contributed by atoms with Gasteiger partial charge >= 0.3 is 11.9 Å². The number of anilines is 1. The van der Waals surface area contributed by atoms with Crippen molar-refractivity contribution in [2.24, 2.45) is 0 Å². The van der Waals surface area contributed by atoms with Crippen LogP contribution in [0.2, 0.25) is 0 Å². The maximum atomic E-state index is 13.4. The first-order valence-electron chi connectivity index (χ1n) is 14.3. The number of dihydropyridines is 1. The van der Waals surface area contributed by atoms with Crippen LogP contribution in [0.5, 0.6) is 0 Å². The van der Waals surface area contributed by atoms with E-state index in [2.05, 4.69) is 10.6 Å². The Labute approximate surface area is 251 Å². The third-order valence-corrected chi connectivity index (χ3v) is 7.48. The number of nitro groups is 1. The van der Waals surface area contributed by atoms with Gasteiger partial charge in [0.05, 0.1) is 48.4 Å². The Kier molecular flexibility index (Phi) is 10.2. The number of nitro benzene ring substituents is 1. The monoisotopic (exact) mass is 593 g/mol. The molecule has 2 atom stereocenters. The lowest BCUT2D eigenvalue weighted by atomic mass is 9.80. The molecule has 0 aliphatic carbocycles. The molecule has 2 aliphatic rings. The summed E-state index contributed by atoms with van der Waals surface area (Å²) in [7, 11) is 1.25. The van der Waals surface area contributed by atoms with Gasteiger partial charge in [-0.25, -0.2) is 9.59 Å². The van der Waals surface area contributed by atoms with Gasteiger partial charge in [0.1, 0.15) is 0 Å². The molecule has 230 valence electrons. The molecule has 1 fully saturated rings. The van der Waals surface area contributed by atoms with Crippen molar-refractivity contribution in [3.8, 4) is 0 Å². The Hall–Kier alpha value is -4.22. The number of methoxy groups -OCH3 is 1. The number of nitrogens with one attached hydrogen (secondary N) is 2. The fourth-order valence-electron chi connectivity index (χ4n) is 5.39. The molecular formula is C32H39N3O8. The molecule has 43 heavy (non-hydrogen) atoms. The second kappa shape index (κ2) is 13.8. The van der Waals surface area contributed by atoms with Gasteiger partial charge in [-0.15, -0.1) is 0 Å². The minimum atomic E-state index is -0.897. The van der Waals surface area contributed by atoms with Crippen molar-refractivity contribution >= 4 is 23.3 Å². The maximum absolute atomic E-state index is 13.4. The highest BCUT2D eigenvalue weighted by atomic mass is 16.7. The normalized spacial score (nSPS) is 19.6. The molecule has 2 heterocycles. The maximum Gasteiger partial charge on any atom is 0.336 e. The molecule has 0 spiro atoms. The highest BCUT2D eigenvalue weighted by Gasteiger charge is 2.38. The van der Waals surface area contributed by atoms with Crippen LogP contribution in [0.25, 0.3) is 0 Å². The molecule has 11 nitrogen and oxygen atoms in total. The number of carbonyl (C=O) groups excluding carboxylic acids is 2. The van der Waals surface area contributed by atoms with Gasteiger partial charge in [0, 0.05) is 42.2 Å². The summed E-state index contributed by atoms with van der Waals surface area (Å²) in [5, 5.41) is 17.9. The highest BCUT2D eigenvalue weighted by molar-refractivity contribution is 5.99. The molecule has 0 amide bonds. The van der Waals surface area contributed by atoms with E-state index in [1.807, 2.05) is 38.1 Å². The Morgan fingerprint density at radius 1 is 1.09 bits per heavy atom. The number of carbonyl (C=O) groups is 2. The molecule has 4 rings (SSSR count). The summed E-state index contributed by atoms with van der Waals surface area (Å²) in [6, 6.07) is 13.8. The van der Waals surface area contributed by atoms with Crippen LogP contribution in [-0.4, -0.2) is 55.6 Å². The summed E-state index contributed by atoms with van der Waals surface area (Å²) in [4.78, 5) is 37.2. The van der Waals surface area contributed by atoms with Gasteiger partial charge in [-0.2, -0.15) is 0 Å². The van der Waals surface area contributed by atoms with Crippen LogP contribution >= 0.6 is 0 Å². The summed E-state index contributed by atoms with van der Waals surface area (Å²) in [6.45, 7) is 8.80. The lowest BCUT2D eigenvalue weighted by Crippen LogP contribution is -2.32. The van der Waals surface area contributed by atoms with Crippen molar-refractivity contribution in [2.45, 2.75) is 64.8 Å². The van der Waals surface area contributed by atoms with Crippen molar-refractivity contribution in [1.82, 2.24) is 5.32 Å². The van der Waals surface area contributed by atoms with E-state index in [1.165, 1.54) is 25.3 Å². The van der Waals surface area contributed by atoms with Crippen LogP contribution in [0.4, 0.5) is 11.4 Å². The van der Waals surface area contributed by atoms with E-state index in [4.69, 9.17) is 18.9 Å². The Balaban J connectivity index is 1.36. The number of allylic oxidation sites excluding steroid dienone is 2. The largest absolute Gasteiger partial charge is 0.466 e. The van der Waals surface area contributed by atoms with E-state index >= 15 is 0 Å². The first-order valence-corrected chi connectivity index (χ1v) is 14.3. The fraction of sp³-hybridized carbons (Fsp3) is 0.438. The Morgan fingerprint density at radius 3 is 2.42 bits per heavy atom. The van der Waals surface area contributed by atoms with E-state index in [1.54, 1.807) is 19.9 Å². The van der Waals surface area contributed by atoms with Crippen molar-refractivity contribution in [3.05, 3.63) is 92.3 Å². The predicted molar refractivity (Wildman–Crippen MR) is 160 cm³/mol. The Morgan fingerprint density at radius 2 is 1.79 bits per heavy atom. The number of esters is 2. The van der Waals surface area contributed by atoms with E-state index in [-0.39, 0.29) is 29.5 Å². The molecule has 2 aromatic carbocycles. The lowest BCUT2D eigenvalue weighted by molar-refractivity contribution is -0.384. The molecule has 2 N–H and O–H groups in total. The third kappa shape index (κ3) is 7.99. The molecule has 2 unspecified atom stereocenters. The average Bonchev–Trinajstić information content (AvgIpc) is 3.33. The van der Waals surface area contributed by atoms with Crippen molar-refractivity contribution in [2.75, 3.05) is 32.2 Å². The predicted octanol–water partition coefficient (Wildman–Crippen LogP) is 5.13. The summed E-state index contributed by atoms with van der Waals surface area (Å²) in [5.74, 6) is -2.66. The van der Waals surface area contributed by atoms with Gasteiger partial charge in [-0.1, -0.05) is 24.3 Å². The molecule has 11 heteroatoms. The van der Waals surface area contributed by atoms with Gasteiger partial charge in [0.2, 0.25) is 0 Å². The van der Waals surface area contributed by atoms with E-state index in [0.29, 0.717) is 30.0 Å². The van der Waals surface area contributed by atoms with Crippen LogP contribution in [0.3, 0.4) is 0 Å². The summed E-state index contributed by atoms with van der Waals surface area (Å²) in [5.41, 5.74) is 3.64. The van der Waals surface area contributed by atoms with Crippen molar-refractivity contribution < 1.29 is 33.5 Å². The van der Waals surface area contributed by atoms with Crippen LogP contribution < -0.4 is 10.6 Å². The fourth-order valence-corrected chi connectivity index (χ4v) is 5.39. The summed E-state index contributed by atoms with van der Waals surface area (Å²) < 4.78 is 22.1. The molecular weight excluding hydrogens is 554 g/mol. The zero-order chi connectivity index (χ0) is 31.1. The zero-order valence-electron chi connectivity index (χ0n) is 25.2. The minimum Gasteiger partial charge on any atom is -0.466 e. The molecule has 2 aliphatic heterocycles. The van der Waals surface area contributed by atoms with Gasteiger partial charge in [0.15, 0.2) is 5.79 Å². The average molecular weight is 594 g/mol. The number of nitrogens with zero attached hydrogens (tertiary/aromatic N) is 1.